The number of methoxy groups -OCH3 is 1. The van der Waals surface area contributed by atoms with Gasteiger partial charge in [-0.15, -0.1) is 0 Å². The van der Waals surface area contributed by atoms with E-state index in [1.54, 1.807) is 0 Å². The maximum Gasteiger partial charge on any atom is 0.322 e. The van der Waals surface area contributed by atoms with Crippen molar-refractivity contribution in [3.63, 3.8) is 0 Å². The number of hydrogen-bond acceptors (Lipinski definition) is 5. The van der Waals surface area contributed by atoms with Gasteiger partial charge in [0, 0.05) is 0 Å². The zero-order valence-corrected chi connectivity index (χ0v) is 9.11. The lowest BCUT2D eigenvalue weighted by Gasteiger charge is -2.28. The number of piperidine rings is 1. The van der Waals surface area contributed by atoms with Gasteiger partial charge in [0.05, 0.1) is 13.2 Å². The van der Waals surface area contributed by atoms with E-state index < -0.39 is 18.1 Å². The van der Waals surface area contributed by atoms with Crippen LogP contribution in [-0.4, -0.2) is 43.4 Å². The van der Waals surface area contributed by atoms with Crippen molar-refractivity contribution < 1.29 is 14.6 Å². The summed E-state index contributed by atoms with van der Waals surface area (Å²) in [6.07, 6.45) is 1.67. The number of aliphatic hydroxyl groups is 1. The fourth-order valence-electron chi connectivity index (χ4n) is 1.93. The van der Waals surface area contributed by atoms with Crippen molar-refractivity contribution in [1.29, 1.82) is 0 Å². The molecule has 2 unspecified atom stereocenters. The molecular weight excluding hydrogens is 196 g/mol. The van der Waals surface area contributed by atoms with Gasteiger partial charge in [-0.3, -0.25) is 4.79 Å². The van der Waals surface area contributed by atoms with Crippen molar-refractivity contribution in [1.82, 2.24) is 5.32 Å². The minimum absolute atomic E-state index is 0.252. The minimum Gasteiger partial charge on any atom is -0.468 e. The molecule has 5 nitrogen and oxygen atoms in total. The molecule has 1 rings (SSSR count). The van der Waals surface area contributed by atoms with E-state index in [0.717, 1.165) is 25.9 Å². The highest BCUT2D eigenvalue weighted by atomic mass is 16.5. The number of carbonyl (C=O) groups excluding carboxylic acids is 1. The van der Waals surface area contributed by atoms with Crippen LogP contribution in [0.25, 0.3) is 0 Å². The third-order valence-corrected chi connectivity index (χ3v) is 2.93. The molecule has 4 N–H and O–H groups in total. The van der Waals surface area contributed by atoms with Crippen molar-refractivity contribution in [3.8, 4) is 0 Å². The summed E-state index contributed by atoms with van der Waals surface area (Å²) in [4.78, 5) is 11.1. The van der Waals surface area contributed by atoms with Crippen LogP contribution in [0, 0.1) is 5.92 Å². The van der Waals surface area contributed by atoms with Crippen molar-refractivity contribution in [2.24, 2.45) is 11.7 Å². The van der Waals surface area contributed by atoms with Gasteiger partial charge in [0.1, 0.15) is 6.04 Å². The predicted molar refractivity (Wildman–Crippen MR) is 56.2 cm³/mol. The van der Waals surface area contributed by atoms with Crippen LogP contribution in [0.3, 0.4) is 0 Å². The van der Waals surface area contributed by atoms with Crippen molar-refractivity contribution in [2.75, 3.05) is 20.2 Å². The van der Waals surface area contributed by atoms with E-state index in [9.17, 15) is 9.90 Å². The van der Waals surface area contributed by atoms with Crippen LogP contribution in [0.4, 0.5) is 0 Å². The Hall–Kier alpha value is -0.650. The number of nitrogens with two attached hydrogens (primary N) is 1. The number of hydrogen-bond donors (Lipinski definition) is 3. The van der Waals surface area contributed by atoms with Gasteiger partial charge in [-0.25, -0.2) is 0 Å². The summed E-state index contributed by atoms with van der Waals surface area (Å²) in [7, 11) is 1.30. The summed E-state index contributed by atoms with van der Waals surface area (Å²) in [5.74, 6) is -0.204. The summed E-state index contributed by atoms with van der Waals surface area (Å²) in [5.41, 5.74) is 5.59. The van der Waals surface area contributed by atoms with Gasteiger partial charge in [-0.05, 0) is 38.3 Å². The lowest BCUT2D eigenvalue weighted by Crippen LogP contribution is -2.40. The van der Waals surface area contributed by atoms with Crippen LogP contribution in [0.1, 0.15) is 19.3 Å². The molecule has 15 heavy (non-hydrogen) atoms. The Kier molecular flexibility index (Phi) is 5.01. The van der Waals surface area contributed by atoms with Crippen LogP contribution in [0.5, 0.6) is 0 Å². The standard InChI is InChI=1S/C10H20N2O3/c1-15-10(14)8(11)6-9(13)7-2-4-12-5-3-7/h7-9,12-13H,2-6,11H2,1H3. The summed E-state index contributed by atoms with van der Waals surface area (Å²) >= 11 is 0. The first kappa shape index (κ1) is 12.4. The summed E-state index contributed by atoms with van der Waals surface area (Å²) in [6, 6.07) is -0.708. The quantitative estimate of drug-likeness (QED) is 0.538. The van der Waals surface area contributed by atoms with Crippen LogP contribution in [0.15, 0.2) is 0 Å². The molecule has 1 heterocycles. The molecule has 1 fully saturated rings. The second-order valence-corrected chi connectivity index (χ2v) is 4.02. The summed E-state index contributed by atoms with van der Waals surface area (Å²) in [5, 5.41) is 13.1. The summed E-state index contributed by atoms with van der Waals surface area (Å²) in [6.45, 7) is 1.85. The molecule has 0 radical (unpaired) electrons. The maximum atomic E-state index is 11.1. The molecular formula is C10H20N2O3. The Morgan fingerprint density at radius 3 is 2.73 bits per heavy atom. The SMILES string of the molecule is COC(=O)C(N)CC(O)C1CCNCC1. The number of aliphatic hydroxyl groups excluding tert-OH is 1. The third kappa shape index (κ3) is 3.77. The molecule has 1 saturated heterocycles. The molecule has 0 spiro atoms. The molecule has 1 aliphatic rings. The molecule has 1 aliphatic heterocycles. The van der Waals surface area contributed by atoms with E-state index in [1.807, 2.05) is 0 Å². The molecule has 0 aromatic heterocycles. The molecule has 88 valence electrons. The molecule has 2 atom stereocenters. The minimum atomic E-state index is -0.708. The van der Waals surface area contributed by atoms with Gasteiger partial charge >= 0.3 is 5.97 Å². The Labute approximate surface area is 90.0 Å². The van der Waals surface area contributed by atoms with E-state index in [2.05, 4.69) is 10.1 Å². The first-order chi connectivity index (χ1) is 7.15. The first-order valence-corrected chi connectivity index (χ1v) is 5.37. The monoisotopic (exact) mass is 216 g/mol. The largest absolute Gasteiger partial charge is 0.468 e. The van der Waals surface area contributed by atoms with Gasteiger partial charge in [0.25, 0.3) is 0 Å². The second-order valence-electron chi connectivity index (χ2n) is 4.02. The smallest absolute Gasteiger partial charge is 0.322 e. The zero-order valence-electron chi connectivity index (χ0n) is 9.11. The molecule has 0 aromatic rings. The number of nitrogens with one attached hydrogen (secondary N) is 1. The fourth-order valence-corrected chi connectivity index (χ4v) is 1.93. The Bertz CT molecular complexity index is 205. The lowest BCUT2D eigenvalue weighted by atomic mass is 9.89. The second kappa shape index (κ2) is 6.05. The Morgan fingerprint density at radius 2 is 2.20 bits per heavy atom. The average molecular weight is 216 g/mol. The first-order valence-electron chi connectivity index (χ1n) is 5.37. The normalized spacial score (nSPS) is 22.1. The van der Waals surface area contributed by atoms with Gasteiger partial charge in [-0.2, -0.15) is 0 Å². The highest BCUT2D eigenvalue weighted by Gasteiger charge is 2.26. The van der Waals surface area contributed by atoms with E-state index in [0.29, 0.717) is 0 Å². The number of carbonyl (C=O) groups is 1. The molecule has 0 aliphatic carbocycles. The molecule has 0 bridgehead atoms. The highest BCUT2D eigenvalue weighted by molar-refractivity contribution is 5.75. The van der Waals surface area contributed by atoms with Crippen molar-refractivity contribution >= 4 is 5.97 Å². The molecule has 0 amide bonds. The van der Waals surface area contributed by atoms with Crippen LogP contribution in [-0.2, 0) is 9.53 Å². The van der Waals surface area contributed by atoms with Gasteiger partial charge in [0.15, 0.2) is 0 Å². The van der Waals surface area contributed by atoms with E-state index in [-0.39, 0.29) is 12.3 Å². The highest BCUT2D eigenvalue weighted by Crippen LogP contribution is 2.19. The van der Waals surface area contributed by atoms with E-state index >= 15 is 0 Å². The van der Waals surface area contributed by atoms with Crippen LogP contribution < -0.4 is 11.1 Å². The molecule has 0 saturated carbocycles. The number of rotatable bonds is 4. The number of esters is 1. The van der Waals surface area contributed by atoms with Crippen molar-refractivity contribution in [2.45, 2.75) is 31.4 Å². The van der Waals surface area contributed by atoms with Crippen molar-refractivity contribution in [3.05, 3.63) is 0 Å². The maximum absolute atomic E-state index is 11.1. The van der Waals surface area contributed by atoms with Crippen LogP contribution in [0.2, 0.25) is 0 Å². The molecule has 5 heteroatoms. The van der Waals surface area contributed by atoms with E-state index in [4.69, 9.17) is 5.73 Å². The molecule has 0 aromatic carbocycles. The topological polar surface area (TPSA) is 84.6 Å². The Morgan fingerprint density at radius 1 is 1.60 bits per heavy atom. The predicted octanol–water partition coefficient (Wildman–Crippen LogP) is -0.763. The summed E-state index contributed by atoms with van der Waals surface area (Å²) < 4.78 is 4.51. The zero-order chi connectivity index (χ0) is 11.3. The van der Waals surface area contributed by atoms with E-state index in [1.165, 1.54) is 7.11 Å². The van der Waals surface area contributed by atoms with Gasteiger partial charge < -0.3 is 20.9 Å². The van der Waals surface area contributed by atoms with Gasteiger partial charge in [0.2, 0.25) is 0 Å². The number of ether oxygens (including phenoxy) is 1. The fraction of sp³-hybridized carbons (Fsp3) is 0.900. The lowest BCUT2D eigenvalue weighted by molar-refractivity contribution is -0.143. The van der Waals surface area contributed by atoms with Gasteiger partial charge in [-0.1, -0.05) is 0 Å². The van der Waals surface area contributed by atoms with Crippen LogP contribution >= 0.6 is 0 Å². The Balaban J connectivity index is 2.33. The average Bonchev–Trinajstić information content (AvgIpc) is 2.29. The third-order valence-electron chi connectivity index (χ3n) is 2.93.